The molecule has 0 unspecified atom stereocenters. The molecule has 0 amide bonds. The summed E-state index contributed by atoms with van der Waals surface area (Å²) in [5, 5.41) is 7.75. The fraction of sp³-hybridized carbons (Fsp3) is 0.750. The molecule has 0 aliphatic carbocycles. The highest BCUT2D eigenvalue weighted by molar-refractivity contribution is 5.00. The molecule has 1 aromatic heterocycles. The van der Waals surface area contributed by atoms with Crippen molar-refractivity contribution in [1.29, 1.82) is 0 Å². The first-order chi connectivity index (χ1) is 7.24. The first-order valence-corrected chi connectivity index (χ1v) is 5.98. The van der Waals surface area contributed by atoms with Crippen molar-refractivity contribution in [3.8, 4) is 0 Å². The van der Waals surface area contributed by atoms with E-state index in [-0.39, 0.29) is 0 Å². The third kappa shape index (κ3) is 4.47. The lowest BCUT2D eigenvalue weighted by molar-refractivity contribution is 0.540. The van der Waals surface area contributed by atoms with E-state index >= 15 is 0 Å². The lowest BCUT2D eigenvalue weighted by atomic mass is 10.2. The minimum absolute atomic E-state index is 0.588. The van der Waals surface area contributed by atoms with Crippen LogP contribution in [-0.2, 0) is 13.0 Å². The Morgan fingerprint density at radius 3 is 2.93 bits per heavy atom. The number of aryl methyl sites for hydroxylation is 2. The summed E-state index contributed by atoms with van der Waals surface area (Å²) in [6, 6.07) is 2.72. The molecular formula is C12H23N3. The van der Waals surface area contributed by atoms with Gasteiger partial charge in [-0.15, -0.1) is 0 Å². The van der Waals surface area contributed by atoms with E-state index in [0.29, 0.717) is 6.04 Å². The van der Waals surface area contributed by atoms with Gasteiger partial charge in [0, 0.05) is 24.5 Å². The summed E-state index contributed by atoms with van der Waals surface area (Å²) >= 11 is 0. The third-order valence-electron chi connectivity index (χ3n) is 2.40. The Morgan fingerprint density at radius 1 is 1.47 bits per heavy atom. The molecule has 86 valence electrons. The maximum Gasteiger partial charge on any atom is 0.0492 e. The van der Waals surface area contributed by atoms with Crippen LogP contribution in [0.25, 0.3) is 0 Å². The van der Waals surface area contributed by atoms with Gasteiger partial charge in [0.15, 0.2) is 0 Å². The molecule has 0 fully saturated rings. The van der Waals surface area contributed by atoms with Crippen LogP contribution in [0.3, 0.4) is 0 Å². The Kier molecular flexibility index (Phi) is 5.40. The van der Waals surface area contributed by atoms with E-state index in [0.717, 1.165) is 25.9 Å². The molecule has 0 atom stereocenters. The molecule has 1 rings (SSSR count). The highest BCUT2D eigenvalue weighted by Crippen LogP contribution is 2.03. The normalized spacial score (nSPS) is 11.2. The summed E-state index contributed by atoms with van der Waals surface area (Å²) in [4.78, 5) is 0. The van der Waals surface area contributed by atoms with Crippen LogP contribution in [0.4, 0.5) is 0 Å². The molecule has 3 nitrogen and oxygen atoms in total. The monoisotopic (exact) mass is 209 g/mol. The predicted molar refractivity (Wildman–Crippen MR) is 64.0 cm³/mol. The molecule has 0 aliphatic heterocycles. The van der Waals surface area contributed by atoms with Crippen molar-refractivity contribution in [3.63, 3.8) is 0 Å². The van der Waals surface area contributed by atoms with Gasteiger partial charge >= 0.3 is 0 Å². The van der Waals surface area contributed by atoms with E-state index in [1.165, 1.54) is 12.1 Å². The van der Waals surface area contributed by atoms with E-state index in [9.17, 15) is 0 Å². The third-order valence-corrected chi connectivity index (χ3v) is 2.40. The van der Waals surface area contributed by atoms with Crippen molar-refractivity contribution in [1.82, 2.24) is 15.1 Å². The van der Waals surface area contributed by atoms with Crippen LogP contribution in [0.5, 0.6) is 0 Å². The zero-order valence-corrected chi connectivity index (χ0v) is 10.2. The maximum absolute atomic E-state index is 4.32. The number of nitrogens with zero attached hydrogens (tertiary/aromatic N) is 2. The zero-order valence-electron chi connectivity index (χ0n) is 10.2. The zero-order chi connectivity index (χ0) is 11.1. The van der Waals surface area contributed by atoms with Gasteiger partial charge in [0.1, 0.15) is 0 Å². The van der Waals surface area contributed by atoms with Crippen molar-refractivity contribution < 1.29 is 0 Å². The van der Waals surface area contributed by atoms with Crippen molar-refractivity contribution in [3.05, 3.63) is 18.0 Å². The van der Waals surface area contributed by atoms with Gasteiger partial charge < -0.3 is 5.32 Å². The molecule has 0 saturated carbocycles. The Hall–Kier alpha value is -0.830. The molecule has 0 radical (unpaired) electrons. The molecule has 1 aromatic rings. The Balaban J connectivity index is 2.27. The van der Waals surface area contributed by atoms with Gasteiger partial charge in [-0.2, -0.15) is 5.10 Å². The average molecular weight is 209 g/mol. The van der Waals surface area contributed by atoms with Gasteiger partial charge in [-0.1, -0.05) is 20.8 Å². The van der Waals surface area contributed by atoms with Gasteiger partial charge in [0.05, 0.1) is 0 Å². The summed E-state index contributed by atoms with van der Waals surface area (Å²) in [5.41, 5.74) is 1.36. The van der Waals surface area contributed by atoms with Gasteiger partial charge in [0.2, 0.25) is 0 Å². The van der Waals surface area contributed by atoms with Gasteiger partial charge in [-0.3, -0.25) is 4.68 Å². The number of aromatic nitrogens is 2. The van der Waals surface area contributed by atoms with Crippen molar-refractivity contribution in [2.75, 3.05) is 6.54 Å². The molecule has 15 heavy (non-hydrogen) atoms. The summed E-state index contributed by atoms with van der Waals surface area (Å²) in [6.45, 7) is 8.68. The number of hydrogen-bond donors (Lipinski definition) is 1. The van der Waals surface area contributed by atoms with E-state index in [2.05, 4.69) is 41.9 Å². The van der Waals surface area contributed by atoms with Gasteiger partial charge in [-0.25, -0.2) is 0 Å². The van der Waals surface area contributed by atoms with E-state index in [4.69, 9.17) is 0 Å². The highest BCUT2D eigenvalue weighted by Gasteiger charge is 2.01. The quantitative estimate of drug-likeness (QED) is 0.698. The van der Waals surface area contributed by atoms with Gasteiger partial charge in [0.25, 0.3) is 0 Å². The van der Waals surface area contributed by atoms with Crippen molar-refractivity contribution in [2.45, 2.75) is 52.6 Å². The van der Waals surface area contributed by atoms with E-state index < -0.39 is 0 Å². The van der Waals surface area contributed by atoms with E-state index in [1.807, 2.05) is 6.20 Å². The largest absolute Gasteiger partial charge is 0.315 e. The molecular weight excluding hydrogens is 186 g/mol. The van der Waals surface area contributed by atoms with Crippen molar-refractivity contribution >= 4 is 0 Å². The first-order valence-electron chi connectivity index (χ1n) is 5.98. The summed E-state index contributed by atoms with van der Waals surface area (Å²) in [6.07, 6.45) is 5.37. The molecule has 0 aliphatic rings. The molecule has 3 heteroatoms. The number of nitrogens with one attached hydrogen (secondary N) is 1. The SMILES string of the molecule is CCCn1nccc1CCCNC(C)C. The Labute approximate surface area is 92.9 Å². The topological polar surface area (TPSA) is 29.9 Å². The average Bonchev–Trinajstić information content (AvgIpc) is 2.61. The minimum atomic E-state index is 0.588. The lowest BCUT2D eigenvalue weighted by Gasteiger charge is -2.08. The van der Waals surface area contributed by atoms with Crippen molar-refractivity contribution in [2.24, 2.45) is 0 Å². The fourth-order valence-electron chi connectivity index (χ4n) is 1.65. The maximum atomic E-state index is 4.32. The second-order valence-corrected chi connectivity index (χ2v) is 4.26. The summed E-state index contributed by atoms with van der Waals surface area (Å²) in [5.74, 6) is 0. The molecule has 1 heterocycles. The van der Waals surface area contributed by atoms with Crippen LogP contribution in [0.15, 0.2) is 12.3 Å². The fourth-order valence-corrected chi connectivity index (χ4v) is 1.65. The highest BCUT2D eigenvalue weighted by atomic mass is 15.3. The first kappa shape index (κ1) is 12.2. The Bertz CT molecular complexity index is 266. The molecule has 0 aromatic carbocycles. The van der Waals surface area contributed by atoms with Crippen LogP contribution in [0, 0.1) is 0 Å². The lowest BCUT2D eigenvalue weighted by Crippen LogP contribution is -2.24. The number of rotatable bonds is 7. The van der Waals surface area contributed by atoms with E-state index in [1.54, 1.807) is 0 Å². The molecule has 0 saturated heterocycles. The molecule has 1 N–H and O–H groups in total. The van der Waals surface area contributed by atoms with Crippen LogP contribution < -0.4 is 5.32 Å². The van der Waals surface area contributed by atoms with Crippen LogP contribution in [0.2, 0.25) is 0 Å². The number of hydrogen-bond acceptors (Lipinski definition) is 2. The smallest absolute Gasteiger partial charge is 0.0492 e. The second kappa shape index (κ2) is 6.62. The molecule has 0 bridgehead atoms. The molecule has 0 spiro atoms. The minimum Gasteiger partial charge on any atom is -0.315 e. The van der Waals surface area contributed by atoms with Crippen LogP contribution >= 0.6 is 0 Å². The van der Waals surface area contributed by atoms with Gasteiger partial charge in [-0.05, 0) is 31.9 Å². The predicted octanol–water partition coefficient (Wildman–Crippen LogP) is 2.22. The Morgan fingerprint density at radius 2 is 2.27 bits per heavy atom. The second-order valence-electron chi connectivity index (χ2n) is 4.26. The standard InChI is InChI=1S/C12H23N3/c1-4-10-15-12(7-9-14-15)6-5-8-13-11(2)3/h7,9,11,13H,4-6,8,10H2,1-3H3. The summed E-state index contributed by atoms with van der Waals surface area (Å²) < 4.78 is 2.12. The summed E-state index contributed by atoms with van der Waals surface area (Å²) in [7, 11) is 0. The van der Waals surface area contributed by atoms with Crippen LogP contribution in [-0.4, -0.2) is 22.4 Å². The van der Waals surface area contributed by atoms with Crippen LogP contribution in [0.1, 0.15) is 39.3 Å².